The van der Waals surface area contributed by atoms with Crippen molar-refractivity contribution in [3.8, 4) is 11.5 Å². The average Bonchev–Trinajstić information content (AvgIpc) is 3.00. The first kappa shape index (κ1) is 22.2. The lowest BCUT2D eigenvalue weighted by molar-refractivity contribution is 0.334. The van der Waals surface area contributed by atoms with E-state index in [0.29, 0.717) is 0 Å². The van der Waals surface area contributed by atoms with Crippen LogP contribution in [0.15, 0.2) is 66.7 Å². The lowest BCUT2D eigenvalue weighted by Crippen LogP contribution is -2.27. The molecule has 168 valence electrons. The zero-order valence-corrected chi connectivity index (χ0v) is 19.5. The maximum absolute atomic E-state index is 5.44. The van der Waals surface area contributed by atoms with Gasteiger partial charge in [-0.3, -0.25) is 0 Å². The smallest absolute Gasteiger partial charge is 0.160 e. The van der Waals surface area contributed by atoms with Crippen LogP contribution in [0.5, 0.6) is 11.5 Å². The first-order chi connectivity index (χ1) is 15.7. The molecule has 3 aromatic rings. The Morgan fingerprint density at radius 3 is 2.03 bits per heavy atom. The number of methoxy groups -OCH3 is 2. The molecular formula is C28H34N2O2. The van der Waals surface area contributed by atoms with Crippen molar-refractivity contribution >= 4 is 11.4 Å². The van der Waals surface area contributed by atoms with Crippen molar-refractivity contribution in [2.75, 3.05) is 45.8 Å². The fourth-order valence-corrected chi connectivity index (χ4v) is 4.58. The van der Waals surface area contributed by atoms with Crippen LogP contribution in [0.3, 0.4) is 0 Å². The first-order valence-electron chi connectivity index (χ1n) is 11.5. The molecule has 0 aliphatic carbocycles. The third-order valence-corrected chi connectivity index (χ3v) is 6.38. The van der Waals surface area contributed by atoms with Gasteiger partial charge in [0.1, 0.15) is 0 Å². The van der Waals surface area contributed by atoms with Crippen molar-refractivity contribution in [3.63, 3.8) is 0 Å². The zero-order chi connectivity index (χ0) is 22.3. The molecule has 0 bridgehead atoms. The topological polar surface area (TPSA) is 24.9 Å². The molecule has 1 heterocycles. The van der Waals surface area contributed by atoms with Crippen LogP contribution >= 0.6 is 0 Å². The number of rotatable bonds is 9. The Labute approximate surface area is 192 Å². The van der Waals surface area contributed by atoms with E-state index in [-0.39, 0.29) is 0 Å². The van der Waals surface area contributed by atoms with Gasteiger partial charge in [-0.25, -0.2) is 0 Å². The third-order valence-electron chi connectivity index (χ3n) is 6.38. The summed E-state index contributed by atoms with van der Waals surface area (Å²) in [5.41, 5.74) is 6.90. The van der Waals surface area contributed by atoms with Gasteiger partial charge in [0.25, 0.3) is 0 Å². The molecule has 1 aliphatic rings. The summed E-state index contributed by atoms with van der Waals surface area (Å²) in [7, 11) is 5.57. The summed E-state index contributed by atoms with van der Waals surface area (Å²) in [4.78, 5) is 4.95. The predicted octanol–water partition coefficient (Wildman–Crippen LogP) is 5.51. The SMILES string of the molecule is COc1ccc(CCN(C)CCCN2c3ccccc3CCc3ccccc32)cc1OC. The van der Waals surface area contributed by atoms with E-state index in [0.717, 1.165) is 56.8 Å². The molecule has 0 saturated heterocycles. The molecule has 0 atom stereocenters. The summed E-state index contributed by atoms with van der Waals surface area (Å²) in [5, 5.41) is 0. The summed E-state index contributed by atoms with van der Waals surface area (Å²) in [5.74, 6) is 1.58. The van der Waals surface area contributed by atoms with Gasteiger partial charge in [0, 0.05) is 24.5 Å². The van der Waals surface area contributed by atoms with Crippen LogP contribution in [0.4, 0.5) is 11.4 Å². The molecule has 0 amide bonds. The fourth-order valence-electron chi connectivity index (χ4n) is 4.58. The molecule has 0 fully saturated rings. The lowest BCUT2D eigenvalue weighted by Gasteiger charge is -2.28. The van der Waals surface area contributed by atoms with Crippen LogP contribution in [0, 0.1) is 0 Å². The second-order valence-corrected chi connectivity index (χ2v) is 8.51. The highest BCUT2D eigenvalue weighted by molar-refractivity contribution is 5.71. The van der Waals surface area contributed by atoms with E-state index in [2.05, 4.69) is 77.5 Å². The van der Waals surface area contributed by atoms with Gasteiger partial charge >= 0.3 is 0 Å². The van der Waals surface area contributed by atoms with Crippen molar-refractivity contribution < 1.29 is 9.47 Å². The minimum absolute atomic E-state index is 0.780. The van der Waals surface area contributed by atoms with Crippen LogP contribution < -0.4 is 14.4 Å². The Hall–Kier alpha value is -2.98. The molecule has 0 radical (unpaired) electrons. The normalized spacial score (nSPS) is 12.8. The van der Waals surface area contributed by atoms with Gasteiger partial charge in [-0.15, -0.1) is 0 Å². The molecule has 3 aromatic carbocycles. The Kier molecular flexibility index (Phi) is 7.33. The predicted molar refractivity (Wildman–Crippen MR) is 133 cm³/mol. The Morgan fingerprint density at radius 2 is 1.41 bits per heavy atom. The molecular weight excluding hydrogens is 396 g/mol. The van der Waals surface area contributed by atoms with Crippen molar-refractivity contribution in [3.05, 3.63) is 83.4 Å². The largest absolute Gasteiger partial charge is 0.493 e. The van der Waals surface area contributed by atoms with Crippen LogP contribution in [-0.4, -0.2) is 45.8 Å². The van der Waals surface area contributed by atoms with Crippen molar-refractivity contribution in [2.45, 2.75) is 25.7 Å². The Morgan fingerprint density at radius 1 is 0.781 bits per heavy atom. The number of anilines is 2. The second-order valence-electron chi connectivity index (χ2n) is 8.51. The van der Waals surface area contributed by atoms with Gasteiger partial charge in [-0.05, 0) is 80.2 Å². The van der Waals surface area contributed by atoms with Crippen molar-refractivity contribution in [2.24, 2.45) is 0 Å². The molecule has 0 saturated carbocycles. The van der Waals surface area contributed by atoms with E-state index in [1.54, 1.807) is 14.2 Å². The highest BCUT2D eigenvalue weighted by Gasteiger charge is 2.19. The standard InChI is InChI=1S/C28H34N2O2/c1-29(20-17-22-13-16-27(31-2)28(21-22)32-3)18-8-19-30-25-11-6-4-9-23(25)14-15-24-10-5-7-12-26(24)30/h4-7,9-13,16,21H,8,14-15,17-20H2,1-3H3. The van der Waals surface area contributed by atoms with Gasteiger partial charge < -0.3 is 19.3 Å². The summed E-state index contributed by atoms with van der Waals surface area (Å²) in [6, 6.07) is 24.0. The molecule has 0 spiro atoms. The number of para-hydroxylation sites is 2. The number of hydrogen-bond donors (Lipinski definition) is 0. The maximum Gasteiger partial charge on any atom is 0.160 e. The molecule has 4 nitrogen and oxygen atoms in total. The number of fused-ring (bicyclic) bond motifs is 2. The molecule has 1 aliphatic heterocycles. The lowest BCUT2D eigenvalue weighted by atomic mass is 10.0. The highest BCUT2D eigenvalue weighted by atomic mass is 16.5. The Bertz CT molecular complexity index is 986. The zero-order valence-electron chi connectivity index (χ0n) is 19.5. The number of benzene rings is 3. The van der Waals surface area contributed by atoms with Gasteiger partial charge in [-0.1, -0.05) is 42.5 Å². The summed E-state index contributed by atoms with van der Waals surface area (Å²) in [6.07, 6.45) is 4.32. The number of nitrogens with zero attached hydrogens (tertiary/aromatic N) is 2. The van der Waals surface area contributed by atoms with E-state index in [9.17, 15) is 0 Å². The van der Waals surface area contributed by atoms with Crippen LogP contribution in [0.1, 0.15) is 23.1 Å². The molecule has 32 heavy (non-hydrogen) atoms. The van der Waals surface area contributed by atoms with Crippen LogP contribution in [-0.2, 0) is 19.3 Å². The van der Waals surface area contributed by atoms with Gasteiger partial charge in [-0.2, -0.15) is 0 Å². The monoisotopic (exact) mass is 430 g/mol. The Balaban J connectivity index is 1.36. The molecule has 0 aromatic heterocycles. The molecule has 4 rings (SSSR count). The van der Waals surface area contributed by atoms with Gasteiger partial charge in [0.2, 0.25) is 0 Å². The number of hydrogen-bond acceptors (Lipinski definition) is 4. The van der Waals surface area contributed by atoms with E-state index < -0.39 is 0 Å². The van der Waals surface area contributed by atoms with Gasteiger partial charge in [0.15, 0.2) is 11.5 Å². The molecule has 4 heteroatoms. The van der Waals surface area contributed by atoms with E-state index >= 15 is 0 Å². The van der Waals surface area contributed by atoms with E-state index in [4.69, 9.17) is 9.47 Å². The number of likely N-dealkylation sites (N-methyl/N-ethyl adjacent to an activating group) is 1. The quantitative estimate of drug-likeness (QED) is 0.447. The second kappa shape index (κ2) is 10.6. The summed E-state index contributed by atoms with van der Waals surface area (Å²) in [6.45, 7) is 3.10. The summed E-state index contributed by atoms with van der Waals surface area (Å²) >= 11 is 0. The first-order valence-corrected chi connectivity index (χ1v) is 11.5. The third kappa shape index (κ3) is 5.08. The van der Waals surface area contributed by atoms with E-state index in [1.807, 2.05) is 6.07 Å². The fraction of sp³-hybridized carbons (Fsp3) is 0.357. The van der Waals surface area contributed by atoms with Gasteiger partial charge in [0.05, 0.1) is 14.2 Å². The summed E-state index contributed by atoms with van der Waals surface area (Å²) < 4.78 is 10.8. The van der Waals surface area contributed by atoms with Crippen LogP contribution in [0.2, 0.25) is 0 Å². The van der Waals surface area contributed by atoms with Crippen molar-refractivity contribution in [1.29, 1.82) is 0 Å². The minimum atomic E-state index is 0.780. The number of ether oxygens (including phenoxy) is 2. The minimum Gasteiger partial charge on any atom is -0.493 e. The van der Waals surface area contributed by atoms with Crippen LogP contribution in [0.25, 0.3) is 0 Å². The maximum atomic E-state index is 5.44. The molecule has 0 unspecified atom stereocenters. The number of aryl methyl sites for hydroxylation is 2. The average molecular weight is 431 g/mol. The van der Waals surface area contributed by atoms with E-state index in [1.165, 1.54) is 28.1 Å². The molecule has 0 N–H and O–H groups in total. The highest BCUT2D eigenvalue weighted by Crippen LogP contribution is 2.35. The van der Waals surface area contributed by atoms with Crippen molar-refractivity contribution in [1.82, 2.24) is 4.90 Å².